The third-order valence-electron chi connectivity index (χ3n) is 2.40. The number of hydrogen-bond donors (Lipinski definition) is 2. The predicted octanol–water partition coefficient (Wildman–Crippen LogP) is 0.0780. The van der Waals surface area contributed by atoms with E-state index in [-0.39, 0.29) is 13.2 Å². The quantitative estimate of drug-likeness (QED) is 0.701. The maximum Gasteiger partial charge on any atom is 0.138 e. The zero-order valence-electron chi connectivity index (χ0n) is 9.23. The molecule has 0 atom stereocenters. The van der Waals surface area contributed by atoms with Gasteiger partial charge in [0, 0.05) is 25.2 Å². The van der Waals surface area contributed by atoms with E-state index in [1.54, 1.807) is 0 Å². The molecular weight excluding hydrogens is 196 g/mol. The van der Waals surface area contributed by atoms with E-state index < -0.39 is 0 Å². The summed E-state index contributed by atoms with van der Waals surface area (Å²) >= 11 is 0. The van der Waals surface area contributed by atoms with Crippen molar-refractivity contribution >= 4 is 0 Å². The minimum absolute atomic E-state index is 0.0867. The van der Waals surface area contributed by atoms with Crippen LogP contribution < -0.4 is 0 Å². The van der Waals surface area contributed by atoms with E-state index in [0.717, 1.165) is 17.0 Å². The molecule has 0 spiro atoms. The second kappa shape index (κ2) is 5.85. The summed E-state index contributed by atoms with van der Waals surface area (Å²) in [5, 5.41) is 21.6. The smallest absolute Gasteiger partial charge is 0.138 e. The molecule has 2 N–H and O–H groups in total. The van der Waals surface area contributed by atoms with Crippen LogP contribution in [0.5, 0.6) is 0 Å². The van der Waals surface area contributed by atoms with Crippen molar-refractivity contribution in [2.45, 2.75) is 20.4 Å². The van der Waals surface area contributed by atoms with Crippen LogP contribution in [0.2, 0.25) is 0 Å². The van der Waals surface area contributed by atoms with Gasteiger partial charge in [0.2, 0.25) is 0 Å². The summed E-state index contributed by atoms with van der Waals surface area (Å²) in [5.74, 6) is 0.799. The number of aliphatic hydroxyl groups excluding tert-OH is 2. The molecular formula is C10H18N2O3. The van der Waals surface area contributed by atoms with Crippen LogP contribution in [0.4, 0.5) is 0 Å². The molecule has 0 fully saturated rings. The van der Waals surface area contributed by atoms with Gasteiger partial charge in [0.15, 0.2) is 0 Å². The van der Waals surface area contributed by atoms with Gasteiger partial charge in [-0.25, -0.2) is 0 Å². The second-order valence-electron chi connectivity index (χ2n) is 3.53. The maximum absolute atomic E-state index is 8.87. The molecule has 0 saturated carbocycles. The zero-order valence-corrected chi connectivity index (χ0v) is 9.23. The van der Waals surface area contributed by atoms with Crippen molar-refractivity contribution in [3.63, 3.8) is 0 Å². The Morgan fingerprint density at radius 1 is 1.20 bits per heavy atom. The summed E-state index contributed by atoms with van der Waals surface area (Å²) < 4.78 is 5.05. The third-order valence-corrected chi connectivity index (χ3v) is 2.40. The lowest BCUT2D eigenvalue weighted by Crippen LogP contribution is -2.29. The highest BCUT2D eigenvalue weighted by molar-refractivity contribution is 5.20. The maximum atomic E-state index is 8.87. The monoisotopic (exact) mass is 214 g/mol. The van der Waals surface area contributed by atoms with E-state index in [1.807, 2.05) is 18.7 Å². The van der Waals surface area contributed by atoms with E-state index >= 15 is 0 Å². The standard InChI is InChI=1S/C10H18N2O3/c1-8-10(9(2)15-11-8)7-12(3-5-13)4-6-14/h13-14H,3-7H2,1-2H3. The molecule has 1 heterocycles. The van der Waals surface area contributed by atoms with Crippen molar-refractivity contribution in [1.82, 2.24) is 10.1 Å². The van der Waals surface area contributed by atoms with Gasteiger partial charge in [-0.05, 0) is 13.8 Å². The Bertz CT molecular complexity index is 273. The highest BCUT2D eigenvalue weighted by Crippen LogP contribution is 2.14. The van der Waals surface area contributed by atoms with Crippen LogP contribution in [0.25, 0.3) is 0 Å². The molecule has 0 radical (unpaired) electrons. The topological polar surface area (TPSA) is 69.7 Å². The van der Waals surface area contributed by atoms with Gasteiger partial charge in [0.05, 0.1) is 18.9 Å². The zero-order chi connectivity index (χ0) is 11.3. The van der Waals surface area contributed by atoms with Gasteiger partial charge in [-0.15, -0.1) is 0 Å². The Hall–Kier alpha value is -0.910. The molecule has 0 amide bonds. The van der Waals surface area contributed by atoms with E-state index in [1.165, 1.54) is 0 Å². The number of rotatable bonds is 6. The van der Waals surface area contributed by atoms with Crippen LogP contribution in [0.3, 0.4) is 0 Å². The Labute approximate surface area is 89.3 Å². The SMILES string of the molecule is Cc1noc(C)c1CN(CCO)CCO. The molecule has 0 aliphatic carbocycles. The lowest BCUT2D eigenvalue weighted by Gasteiger charge is -2.19. The van der Waals surface area contributed by atoms with Crippen molar-refractivity contribution in [2.75, 3.05) is 26.3 Å². The first-order chi connectivity index (χ1) is 7.19. The average molecular weight is 214 g/mol. The van der Waals surface area contributed by atoms with Crippen LogP contribution >= 0.6 is 0 Å². The summed E-state index contributed by atoms with van der Waals surface area (Å²) in [7, 11) is 0. The van der Waals surface area contributed by atoms with Crippen LogP contribution in [0.1, 0.15) is 17.0 Å². The number of nitrogens with zero attached hydrogens (tertiary/aromatic N) is 2. The fraction of sp³-hybridized carbons (Fsp3) is 0.700. The first kappa shape index (κ1) is 12.2. The Balaban J connectivity index is 2.64. The van der Waals surface area contributed by atoms with Gasteiger partial charge in [-0.2, -0.15) is 0 Å². The molecule has 15 heavy (non-hydrogen) atoms. The second-order valence-corrected chi connectivity index (χ2v) is 3.53. The molecule has 5 heteroatoms. The van der Waals surface area contributed by atoms with Gasteiger partial charge < -0.3 is 14.7 Å². The predicted molar refractivity (Wildman–Crippen MR) is 55.4 cm³/mol. The summed E-state index contributed by atoms with van der Waals surface area (Å²) in [6.45, 7) is 5.68. The van der Waals surface area contributed by atoms with Gasteiger partial charge in [0.1, 0.15) is 5.76 Å². The molecule has 0 saturated heterocycles. The normalized spacial score (nSPS) is 11.3. The summed E-state index contributed by atoms with van der Waals surface area (Å²) in [6, 6.07) is 0. The Kier molecular flexibility index (Phi) is 4.74. The van der Waals surface area contributed by atoms with E-state index in [4.69, 9.17) is 14.7 Å². The fourth-order valence-electron chi connectivity index (χ4n) is 1.50. The molecule has 0 bridgehead atoms. The molecule has 5 nitrogen and oxygen atoms in total. The van der Waals surface area contributed by atoms with Gasteiger partial charge in [-0.1, -0.05) is 5.16 Å². The minimum atomic E-state index is 0.0867. The van der Waals surface area contributed by atoms with E-state index in [9.17, 15) is 0 Å². The molecule has 0 unspecified atom stereocenters. The number of aliphatic hydroxyl groups is 2. The van der Waals surface area contributed by atoms with Crippen molar-refractivity contribution in [2.24, 2.45) is 0 Å². The van der Waals surface area contributed by atoms with Crippen molar-refractivity contribution in [3.05, 3.63) is 17.0 Å². The lowest BCUT2D eigenvalue weighted by molar-refractivity contribution is 0.155. The molecule has 0 aliphatic rings. The summed E-state index contributed by atoms with van der Waals surface area (Å²) in [6.07, 6.45) is 0. The molecule has 1 aromatic rings. The first-order valence-corrected chi connectivity index (χ1v) is 5.04. The van der Waals surface area contributed by atoms with Crippen molar-refractivity contribution in [3.8, 4) is 0 Å². The van der Waals surface area contributed by atoms with Crippen LogP contribution in [0, 0.1) is 13.8 Å². The van der Waals surface area contributed by atoms with E-state index in [0.29, 0.717) is 19.6 Å². The lowest BCUT2D eigenvalue weighted by atomic mass is 10.2. The number of hydrogen-bond acceptors (Lipinski definition) is 5. The van der Waals surface area contributed by atoms with Crippen molar-refractivity contribution < 1.29 is 14.7 Å². The van der Waals surface area contributed by atoms with E-state index in [2.05, 4.69) is 5.16 Å². The Morgan fingerprint density at radius 3 is 2.20 bits per heavy atom. The molecule has 1 rings (SSSR count). The number of aryl methyl sites for hydroxylation is 2. The first-order valence-electron chi connectivity index (χ1n) is 5.04. The van der Waals surface area contributed by atoms with Crippen LogP contribution in [-0.4, -0.2) is 46.6 Å². The Morgan fingerprint density at radius 2 is 1.80 bits per heavy atom. The van der Waals surface area contributed by atoms with Crippen LogP contribution in [0.15, 0.2) is 4.52 Å². The van der Waals surface area contributed by atoms with Crippen LogP contribution in [-0.2, 0) is 6.54 Å². The molecule has 0 aliphatic heterocycles. The largest absolute Gasteiger partial charge is 0.395 e. The van der Waals surface area contributed by atoms with Gasteiger partial charge >= 0.3 is 0 Å². The third kappa shape index (κ3) is 3.30. The summed E-state index contributed by atoms with van der Waals surface area (Å²) in [4.78, 5) is 1.96. The highest BCUT2D eigenvalue weighted by Gasteiger charge is 2.12. The average Bonchev–Trinajstić information content (AvgIpc) is 2.50. The molecule has 86 valence electrons. The van der Waals surface area contributed by atoms with Gasteiger partial charge in [-0.3, -0.25) is 4.90 Å². The van der Waals surface area contributed by atoms with Gasteiger partial charge in [0.25, 0.3) is 0 Å². The highest BCUT2D eigenvalue weighted by atomic mass is 16.5. The van der Waals surface area contributed by atoms with Crippen molar-refractivity contribution in [1.29, 1.82) is 0 Å². The minimum Gasteiger partial charge on any atom is -0.395 e. The number of aromatic nitrogens is 1. The fourth-order valence-corrected chi connectivity index (χ4v) is 1.50. The summed E-state index contributed by atoms with van der Waals surface area (Å²) in [5.41, 5.74) is 1.91. The molecule has 1 aromatic heterocycles. The molecule has 0 aromatic carbocycles.